The van der Waals surface area contributed by atoms with Crippen LogP contribution in [-0.2, 0) is 27.3 Å². The van der Waals surface area contributed by atoms with Gasteiger partial charge in [0.2, 0.25) is 5.91 Å². The van der Waals surface area contributed by atoms with Crippen LogP contribution < -0.4 is 10.1 Å². The van der Waals surface area contributed by atoms with E-state index < -0.39 is 5.60 Å². The van der Waals surface area contributed by atoms with E-state index in [1.165, 1.54) is 0 Å². The topological polar surface area (TPSA) is 88.2 Å². The van der Waals surface area contributed by atoms with E-state index in [9.17, 15) is 14.4 Å². The summed E-state index contributed by atoms with van der Waals surface area (Å²) in [5.74, 6) is 0.365. The number of aryl methyl sites for hydroxylation is 1. The minimum Gasteiger partial charge on any atom is -0.491 e. The number of hydrogen-bond donors (Lipinski definition) is 1. The minimum absolute atomic E-state index is 0.00413. The Kier molecular flexibility index (Phi) is 6.72. The number of amides is 3. The van der Waals surface area contributed by atoms with Crippen LogP contribution in [0.2, 0.25) is 0 Å². The number of rotatable bonds is 2. The standard InChI is InChI=1S/C27H31N3O5/c31-24(18-30-17-21-9-1-3-10-22(21)25(30)32)29-14-16-35-27(19-29)12-6-5-8-20-7-2-4-11-23(20)34-15-13-28-26(27)33/h1-4,7,9-11H,5-6,8,12-19H2,(H,28,33). The number of para-hydroxylation sites is 1. The van der Waals surface area contributed by atoms with Gasteiger partial charge in [0, 0.05) is 18.7 Å². The minimum atomic E-state index is -1.09. The van der Waals surface area contributed by atoms with E-state index in [1.807, 2.05) is 36.4 Å². The number of nitrogens with zero attached hydrogens (tertiary/aromatic N) is 2. The smallest absolute Gasteiger partial charge is 0.254 e. The van der Waals surface area contributed by atoms with Crippen LogP contribution in [0.25, 0.3) is 0 Å². The molecule has 1 unspecified atom stereocenters. The molecule has 184 valence electrons. The van der Waals surface area contributed by atoms with Gasteiger partial charge in [-0.1, -0.05) is 36.4 Å². The Morgan fingerprint density at radius 2 is 1.80 bits per heavy atom. The molecule has 3 amide bonds. The first-order valence-corrected chi connectivity index (χ1v) is 12.3. The van der Waals surface area contributed by atoms with Crippen molar-refractivity contribution in [3.63, 3.8) is 0 Å². The number of ether oxygens (including phenoxy) is 2. The van der Waals surface area contributed by atoms with Crippen molar-refractivity contribution in [1.82, 2.24) is 15.1 Å². The molecule has 0 aromatic heterocycles. The molecule has 1 fully saturated rings. The molecule has 2 aromatic rings. The average molecular weight is 478 g/mol. The van der Waals surface area contributed by atoms with E-state index in [-0.39, 0.29) is 37.4 Å². The molecule has 0 saturated carbocycles. The Labute approximate surface area is 205 Å². The summed E-state index contributed by atoms with van der Waals surface area (Å²) in [6, 6.07) is 15.4. The van der Waals surface area contributed by atoms with Crippen molar-refractivity contribution < 1.29 is 23.9 Å². The van der Waals surface area contributed by atoms with Crippen molar-refractivity contribution in [1.29, 1.82) is 0 Å². The Hall–Kier alpha value is -3.39. The highest BCUT2D eigenvalue weighted by Crippen LogP contribution is 2.28. The predicted molar refractivity (Wildman–Crippen MR) is 129 cm³/mol. The van der Waals surface area contributed by atoms with Crippen LogP contribution in [0.5, 0.6) is 5.75 Å². The monoisotopic (exact) mass is 477 g/mol. The summed E-state index contributed by atoms with van der Waals surface area (Å²) in [5, 5.41) is 2.95. The lowest BCUT2D eigenvalue weighted by Crippen LogP contribution is -2.62. The first-order valence-electron chi connectivity index (χ1n) is 12.3. The molecule has 1 atom stereocenters. The van der Waals surface area contributed by atoms with Gasteiger partial charge in [-0.15, -0.1) is 0 Å². The maximum absolute atomic E-state index is 13.3. The lowest BCUT2D eigenvalue weighted by molar-refractivity contribution is -0.168. The number of carbonyl (C=O) groups excluding carboxylic acids is 3. The quantitative estimate of drug-likeness (QED) is 0.716. The van der Waals surface area contributed by atoms with E-state index in [1.54, 1.807) is 15.9 Å². The second-order valence-corrected chi connectivity index (χ2v) is 9.40. The summed E-state index contributed by atoms with van der Waals surface area (Å²) in [6.45, 7) is 2.01. The Morgan fingerprint density at radius 3 is 2.66 bits per heavy atom. The van der Waals surface area contributed by atoms with Crippen LogP contribution in [0.1, 0.15) is 40.7 Å². The summed E-state index contributed by atoms with van der Waals surface area (Å²) < 4.78 is 12.0. The molecule has 35 heavy (non-hydrogen) atoms. The highest BCUT2D eigenvalue weighted by Gasteiger charge is 2.45. The maximum atomic E-state index is 13.3. The zero-order valence-corrected chi connectivity index (χ0v) is 19.8. The van der Waals surface area contributed by atoms with Crippen molar-refractivity contribution in [2.24, 2.45) is 0 Å². The van der Waals surface area contributed by atoms with Gasteiger partial charge < -0.3 is 24.6 Å². The third-order valence-corrected chi connectivity index (χ3v) is 7.07. The van der Waals surface area contributed by atoms with Gasteiger partial charge >= 0.3 is 0 Å². The Bertz CT molecular complexity index is 1120. The normalized spacial score (nSPS) is 23.0. The molecule has 5 rings (SSSR count). The van der Waals surface area contributed by atoms with E-state index in [4.69, 9.17) is 9.47 Å². The number of carbonyl (C=O) groups is 3. The first kappa shape index (κ1) is 23.4. The number of fused-ring (bicyclic) bond motifs is 2. The van der Waals surface area contributed by atoms with Crippen LogP contribution in [0, 0.1) is 0 Å². The van der Waals surface area contributed by atoms with Crippen molar-refractivity contribution >= 4 is 17.7 Å². The van der Waals surface area contributed by atoms with Gasteiger partial charge in [0.1, 0.15) is 18.9 Å². The van der Waals surface area contributed by atoms with E-state index in [2.05, 4.69) is 11.4 Å². The molecule has 8 heteroatoms. The van der Waals surface area contributed by atoms with E-state index in [0.29, 0.717) is 38.2 Å². The predicted octanol–water partition coefficient (Wildman–Crippen LogP) is 2.16. The molecule has 3 aliphatic heterocycles. The van der Waals surface area contributed by atoms with Gasteiger partial charge in [0.15, 0.2) is 5.60 Å². The third kappa shape index (κ3) is 4.89. The first-order chi connectivity index (χ1) is 17.1. The van der Waals surface area contributed by atoms with Crippen molar-refractivity contribution in [2.45, 2.75) is 37.8 Å². The van der Waals surface area contributed by atoms with Gasteiger partial charge in [-0.3, -0.25) is 14.4 Å². The molecule has 0 aliphatic carbocycles. The summed E-state index contributed by atoms with van der Waals surface area (Å²) >= 11 is 0. The fraction of sp³-hybridized carbons (Fsp3) is 0.444. The fourth-order valence-corrected chi connectivity index (χ4v) is 5.17. The average Bonchev–Trinajstić information content (AvgIpc) is 3.19. The lowest BCUT2D eigenvalue weighted by atomic mass is 9.91. The second kappa shape index (κ2) is 10.1. The molecule has 0 bridgehead atoms. The molecular formula is C27H31N3O5. The molecule has 1 spiro atoms. The van der Waals surface area contributed by atoms with Crippen LogP contribution >= 0.6 is 0 Å². The van der Waals surface area contributed by atoms with Crippen molar-refractivity contribution in [2.75, 3.05) is 39.4 Å². The van der Waals surface area contributed by atoms with Gasteiger partial charge in [-0.05, 0) is 48.9 Å². The summed E-state index contributed by atoms with van der Waals surface area (Å²) in [7, 11) is 0. The molecule has 2 aromatic carbocycles. The van der Waals surface area contributed by atoms with Gasteiger partial charge in [-0.25, -0.2) is 0 Å². The molecule has 3 heterocycles. The van der Waals surface area contributed by atoms with Gasteiger partial charge in [0.05, 0.1) is 19.7 Å². The molecule has 1 saturated heterocycles. The van der Waals surface area contributed by atoms with Crippen LogP contribution in [0.4, 0.5) is 0 Å². The van der Waals surface area contributed by atoms with Crippen molar-refractivity contribution in [3.05, 3.63) is 65.2 Å². The van der Waals surface area contributed by atoms with Crippen LogP contribution in [0.15, 0.2) is 48.5 Å². The fourth-order valence-electron chi connectivity index (χ4n) is 5.17. The highest BCUT2D eigenvalue weighted by atomic mass is 16.5. The van der Waals surface area contributed by atoms with Crippen molar-refractivity contribution in [3.8, 4) is 5.75 Å². The Balaban J connectivity index is 1.25. The van der Waals surface area contributed by atoms with Gasteiger partial charge in [0.25, 0.3) is 11.8 Å². The van der Waals surface area contributed by atoms with E-state index >= 15 is 0 Å². The Morgan fingerprint density at radius 1 is 1.00 bits per heavy atom. The largest absolute Gasteiger partial charge is 0.491 e. The zero-order valence-electron chi connectivity index (χ0n) is 19.8. The molecule has 1 N–H and O–H groups in total. The summed E-state index contributed by atoms with van der Waals surface area (Å²) in [6.07, 6.45) is 3.05. The SMILES string of the molecule is O=C(CN1Cc2ccccc2C1=O)N1CCOC2(CCCCc3ccccc3OCCNC2=O)C1. The van der Waals surface area contributed by atoms with Crippen LogP contribution in [0.3, 0.4) is 0 Å². The lowest BCUT2D eigenvalue weighted by Gasteiger charge is -2.42. The zero-order chi connectivity index (χ0) is 24.3. The van der Waals surface area contributed by atoms with E-state index in [0.717, 1.165) is 36.1 Å². The molecule has 0 radical (unpaired) electrons. The molecular weight excluding hydrogens is 446 g/mol. The summed E-state index contributed by atoms with van der Waals surface area (Å²) in [4.78, 5) is 42.5. The number of hydrogen-bond acceptors (Lipinski definition) is 5. The second-order valence-electron chi connectivity index (χ2n) is 9.40. The van der Waals surface area contributed by atoms with Gasteiger partial charge in [-0.2, -0.15) is 0 Å². The number of nitrogens with one attached hydrogen (secondary N) is 1. The number of benzene rings is 2. The number of morpholine rings is 1. The molecule has 8 nitrogen and oxygen atoms in total. The maximum Gasteiger partial charge on any atom is 0.254 e. The highest BCUT2D eigenvalue weighted by molar-refractivity contribution is 6.00. The third-order valence-electron chi connectivity index (χ3n) is 7.07. The molecule has 3 aliphatic rings. The summed E-state index contributed by atoms with van der Waals surface area (Å²) in [5.41, 5.74) is 1.66. The van der Waals surface area contributed by atoms with Crippen LogP contribution in [-0.4, -0.2) is 72.5 Å².